The van der Waals surface area contributed by atoms with Crippen LogP contribution in [0.3, 0.4) is 0 Å². The first-order valence-corrected chi connectivity index (χ1v) is 8.57. The van der Waals surface area contributed by atoms with Gasteiger partial charge in [-0.2, -0.15) is 0 Å². The highest BCUT2D eigenvalue weighted by Crippen LogP contribution is 2.22. The number of hydrogen-bond acceptors (Lipinski definition) is 4. The second-order valence-corrected chi connectivity index (χ2v) is 6.40. The van der Waals surface area contributed by atoms with Gasteiger partial charge >= 0.3 is 0 Å². The summed E-state index contributed by atoms with van der Waals surface area (Å²) < 4.78 is 5.78. The van der Waals surface area contributed by atoms with Crippen molar-refractivity contribution < 1.29 is 9.21 Å². The Hall–Kier alpha value is -3.08. The lowest BCUT2D eigenvalue weighted by Crippen LogP contribution is -2.23. The molecule has 0 aliphatic carbocycles. The molecule has 0 radical (unpaired) electrons. The van der Waals surface area contributed by atoms with E-state index in [0.717, 1.165) is 28.3 Å². The van der Waals surface area contributed by atoms with Crippen LogP contribution < -0.4 is 5.32 Å². The van der Waals surface area contributed by atoms with Crippen LogP contribution in [0.25, 0.3) is 11.5 Å². The second-order valence-electron chi connectivity index (χ2n) is 6.40. The molecule has 0 saturated carbocycles. The molecule has 3 aromatic rings. The molecule has 5 nitrogen and oxygen atoms in total. The van der Waals surface area contributed by atoms with Gasteiger partial charge in [0, 0.05) is 25.3 Å². The standard InChI is InChI=1S/C21H23N3O2/c1-15-19(23-21(26-15)17-7-5-4-6-8-17)14-22-18-11-9-16(10-12-18)13-20(25)24(2)3/h4-12,22H,13-14H2,1-3H3. The quantitative estimate of drug-likeness (QED) is 0.733. The molecule has 0 aliphatic heterocycles. The normalized spacial score (nSPS) is 10.6. The molecular weight excluding hydrogens is 326 g/mol. The highest BCUT2D eigenvalue weighted by atomic mass is 16.4. The lowest BCUT2D eigenvalue weighted by Gasteiger charge is -2.10. The van der Waals surface area contributed by atoms with Gasteiger partial charge in [0.15, 0.2) is 0 Å². The maximum atomic E-state index is 11.8. The van der Waals surface area contributed by atoms with Crippen molar-refractivity contribution in [2.75, 3.05) is 19.4 Å². The molecule has 3 rings (SSSR count). The molecule has 1 aromatic heterocycles. The van der Waals surface area contributed by atoms with Crippen molar-refractivity contribution in [1.29, 1.82) is 0 Å². The van der Waals surface area contributed by atoms with Crippen LogP contribution in [-0.4, -0.2) is 29.9 Å². The first-order chi connectivity index (χ1) is 12.5. The summed E-state index contributed by atoms with van der Waals surface area (Å²) in [6.45, 7) is 2.50. The zero-order valence-corrected chi connectivity index (χ0v) is 15.3. The van der Waals surface area contributed by atoms with E-state index in [-0.39, 0.29) is 5.91 Å². The van der Waals surface area contributed by atoms with Crippen LogP contribution in [-0.2, 0) is 17.8 Å². The van der Waals surface area contributed by atoms with Crippen molar-refractivity contribution in [3.05, 3.63) is 71.6 Å². The van der Waals surface area contributed by atoms with E-state index in [1.165, 1.54) is 0 Å². The number of aryl methyl sites for hydroxylation is 1. The summed E-state index contributed by atoms with van der Waals surface area (Å²) in [7, 11) is 3.53. The Balaban J connectivity index is 1.62. The predicted molar refractivity (Wildman–Crippen MR) is 103 cm³/mol. The minimum atomic E-state index is 0.0948. The van der Waals surface area contributed by atoms with E-state index in [0.29, 0.717) is 18.9 Å². The highest BCUT2D eigenvalue weighted by molar-refractivity contribution is 5.78. The zero-order chi connectivity index (χ0) is 18.5. The number of carbonyl (C=O) groups excluding carboxylic acids is 1. The molecule has 0 bridgehead atoms. The summed E-state index contributed by atoms with van der Waals surface area (Å²) in [6, 6.07) is 17.8. The lowest BCUT2D eigenvalue weighted by atomic mass is 10.1. The average molecular weight is 349 g/mol. The van der Waals surface area contributed by atoms with Crippen LogP contribution in [0, 0.1) is 6.92 Å². The first kappa shape index (κ1) is 17.7. The number of benzene rings is 2. The third-order valence-corrected chi connectivity index (χ3v) is 4.18. The van der Waals surface area contributed by atoms with Crippen molar-refractivity contribution in [3.63, 3.8) is 0 Å². The number of nitrogens with zero attached hydrogens (tertiary/aromatic N) is 2. The predicted octanol–water partition coefficient (Wildman–Crippen LogP) is 3.89. The van der Waals surface area contributed by atoms with Crippen molar-refractivity contribution in [3.8, 4) is 11.5 Å². The number of rotatable bonds is 6. The molecule has 0 saturated heterocycles. The number of aromatic nitrogens is 1. The van der Waals surface area contributed by atoms with E-state index in [2.05, 4.69) is 10.3 Å². The van der Waals surface area contributed by atoms with Gasteiger partial charge in [0.25, 0.3) is 0 Å². The number of hydrogen-bond donors (Lipinski definition) is 1. The molecule has 1 amide bonds. The van der Waals surface area contributed by atoms with Gasteiger partial charge in [-0.15, -0.1) is 0 Å². The van der Waals surface area contributed by atoms with E-state index >= 15 is 0 Å². The van der Waals surface area contributed by atoms with Crippen LogP contribution in [0.1, 0.15) is 17.0 Å². The molecule has 2 aromatic carbocycles. The van der Waals surface area contributed by atoms with Gasteiger partial charge in [-0.05, 0) is 36.8 Å². The minimum Gasteiger partial charge on any atom is -0.441 e. The fourth-order valence-electron chi connectivity index (χ4n) is 2.56. The van der Waals surface area contributed by atoms with Gasteiger partial charge in [-0.25, -0.2) is 4.98 Å². The summed E-state index contributed by atoms with van der Waals surface area (Å²) in [4.78, 5) is 17.9. The molecule has 0 aliphatic rings. The molecule has 1 heterocycles. The Bertz CT molecular complexity index is 868. The molecular formula is C21H23N3O2. The van der Waals surface area contributed by atoms with Crippen LogP contribution in [0.4, 0.5) is 5.69 Å². The molecule has 134 valence electrons. The average Bonchev–Trinajstić information content (AvgIpc) is 3.02. The largest absolute Gasteiger partial charge is 0.441 e. The number of amides is 1. The second kappa shape index (κ2) is 7.87. The van der Waals surface area contributed by atoms with E-state index in [1.807, 2.05) is 61.5 Å². The van der Waals surface area contributed by atoms with Crippen molar-refractivity contribution in [2.45, 2.75) is 19.9 Å². The monoisotopic (exact) mass is 349 g/mol. The first-order valence-electron chi connectivity index (χ1n) is 8.57. The number of oxazole rings is 1. The summed E-state index contributed by atoms with van der Waals surface area (Å²) >= 11 is 0. The Kier molecular flexibility index (Phi) is 5.37. The molecule has 0 unspecified atom stereocenters. The molecule has 0 spiro atoms. The van der Waals surface area contributed by atoms with Crippen molar-refractivity contribution in [2.24, 2.45) is 0 Å². The summed E-state index contributed by atoms with van der Waals surface area (Å²) in [5, 5.41) is 3.35. The van der Waals surface area contributed by atoms with Gasteiger partial charge in [0.05, 0.1) is 13.0 Å². The van der Waals surface area contributed by atoms with Gasteiger partial charge in [0.1, 0.15) is 11.5 Å². The number of anilines is 1. The van der Waals surface area contributed by atoms with E-state index < -0.39 is 0 Å². The zero-order valence-electron chi connectivity index (χ0n) is 15.3. The molecule has 1 N–H and O–H groups in total. The van der Waals surface area contributed by atoms with Crippen LogP contribution in [0.15, 0.2) is 59.0 Å². The molecule has 0 atom stereocenters. The lowest BCUT2D eigenvalue weighted by molar-refractivity contribution is -0.127. The number of likely N-dealkylation sites (N-methyl/N-ethyl adjacent to an activating group) is 1. The summed E-state index contributed by atoms with van der Waals surface area (Å²) in [6.07, 6.45) is 0.413. The molecule has 26 heavy (non-hydrogen) atoms. The van der Waals surface area contributed by atoms with E-state index in [4.69, 9.17) is 4.42 Å². The Labute approximate surface area is 153 Å². The highest BCUT2D eigenvalue weighted by Gasteiger charge is 2.11. The van der Waals surface area contributed by atoms with Gasteiger partial charge in [-0.1, -0.05) is 30.3 Å². The molecule has 0 fully saturated rings. The maximum absolute atomic E-state index is 11.8. The fourth-order valence-corrected chi connectivity index (χ4v) is 2.56. The van der Waals surface area contributed by atoms with E-state index in [1.54, 1.807) is 19.0 Å². The van der Waals surface area contributed by atoms with Crippen LogP contribution in [0.5, 0.6) is 0 Å². The van der Waals surface area contributed by atoms with Gasteiger partial charge < -0.3 is 14.6 Å². The third-order valence-electron chi connectivity index (χ3n) is 4.18. The minimum absolute atomic E-state index is 0.0948. The van der Waals surface area contributed by atoms with E-state index in [9.17, 15) is 4.79 Å². The van der Waals surface area contributed by atoms with Gasteiger partial charge in [0.2, 0.25) is 11.8 Å². The summed E-state index contributed by atoms with van der Waals surface area (Å²) in [5.74, 6) is 1.54. The SMILES string of the molecule is Cc1oc(-c2ccccc2)nc1CNc1ccc(CC(=O)N(C)C)cc1. The Morgan fingerprint density at radius 3 is 2.42 bits per heavy atom. The maximum Gasteiger partial charge on any atom is 0.226 e. The topological polar surface area (TPSA) is 58.4 Å². The Morgan fingerprint density at radius 1 is 1.08 bits per heavy atom. The van der Waals surface area contributed by atoms with Crippen LogP contribution in [0.2, 0.25) is 0 Å². The van der Waals surface area contributed by atoms with Crippen molar-refractivity contribution in [1.82, 2.24) is 9.88 Å². The van der Waals surface area contributed by atoms with Crippen molar-refractivity contribution >= 4 is 11.6 Å². The Morgan fingerprint density at radius 2 is 1.77 bits per heavy atom. The molecule has 5 heteroatoms. The smallest absolute Gasteiger partial charge is 0.226 e. The van der Waals surface area contributed by atoms with Gasteiger partial charge in [-0.3, -0.25) is 4.79 Å². The number of carbonyl (C=O) groups is 1. The third kappa shape index (κ3) is 4.30. The summed E-state index contributed by atoms with van der Waals surface area (Å²) in [5.41, 5.74) is 3.83. The van der Waals surface area contributed by atoms with Crippen LogP contribution >= 0.6 is 0 Å². The number of nitrogens with one attached hydrogen (secondary N) is 1. The fraction of sp³-hybridized carbons (Fsp3) is 0.238.